The van der Waals surface area contributed by atoms with E-state index in [0.717, 1.165) is 5.39 Å². The third-order valence-electron chi connectivity index (χ3n) is 1.86. The molecule has 2 nitrogen and oxygen atoms in total. The first-order chi connectivity index (χ1) is 5.79. The van der Waals surface area contributed by atoms with Crippen molar-refractivity contribution in [3.05, 3.63) is 43.6 Å². The summed E-state index contributed by atoms with van der Waals surface area (Å²) in [6, 6.07) is 8.97. The number of benzene rings is 1. The van der Waals surface area contributed by atoms with Crippen molar-refractivity contribution in [1.29, 1.82) is 0 Å². The van der Waals surface area contributed by atoms with Crippen LogP contribution in [0.25, 0.3) is 10.9 Å². The topological polar surface area (TPSA) is 26.9 Å². The molecule has 1 aromatic carbocycles. The van der Waals surface area contributed by atoms with Crippen LogP contribution in [0.4, 0.5) is 0 Å². The van der Waals surface area contributed by atoms with Crippen molar-refractivity contribution in [2.24, 2.45) is 0 Å². The monoisotopic (exact) mass is 165 g/mol. The molecule has 0 atom stereocenters. The van der Waals surface area contributed by atoms with Crippen LogP contribution in [0.1, 0.15) is 0 Å². The van der Waals surface area contributed by atoms with E-state index in [1.807, 2.05) is 18.2 Å². The fraction of sp³-hybridized carbons (Fsp3) is 0. The first-order valence-electron chi connectivity index (χ1n) is 3.70. The van der Waals surface area contributed by atoms with Gasteiger partial charge in [-0.1, -0.05) is 36.1 Å². The molecule has 3 heteroatoms. The van der Waals surface area contributed by atoms with Crippen LogP contribution in [0.15, 0.2) is 36.5 Å². The molecule has 0 saturated carbocycles. The maximum atomic E-state index is 11.3. The Bertz CT molecular complexity index is 391. The zero-order valence-corrected chi connectivity index (χ0v) is 7.53. The summed E-state index contributed by atoms with van der Waals surface area (Å²) in [4.78, 5) is 0. The summed E-state index contributed by atoms with van der Waals surface area (Å²) in [5.74, 6) is 0.0168. The van der Waals surface area contributed by atoms with E-state index in [0.29, 0.717) is 5.52 Å². The average Bonchev–Trinajstić information content (AvgIpc) is 2.04. The van der Waals surface area contributed by atoms with Gasteiger partial charge in [0.25, 0.3) is 0 Å². The van der Waals surface area contributed by atoms with Gasteiger partial charge in [-0.05, 0) is 5.39 Å². The van der Waals surface area contributed by atoms with Crippen molar-refractivity contribution in [2.75, 3.05) is 0 Å². The Labute approximate surface area is 89.0 Å². The van der Waals surface area contributed by atoms with E-state index < -0.39 is 0 Å². The van der Waals surface area contributed by atoms with E-state index in [4.69, 9.17) is 0 Å². The number of hydrogen-bond donors (Lipinski definition) is 0. The minimum absolute atomic E-state index is 0. The van der Waals surface area contributed by atoms with Gasteiger partial charge in [0.2, 0.25) is 0 Å². The Balaban J connectivity index is 0.000000845. The second kappa shape index (κ2) is 3.74. The van der Waals surface area contributed by atoms with Crippen LogP contribution in [0, 0.1) is 7.05 Å². The average molecular weight is 165 g/mol. The number of pyridine rings is 1. The van der Waals surface area contributed by atoms with Gasteiger partial charge in [-0.2, -0.15) is 0 Å². The van der Waals surface area contributed by atoms with Crippen LogP contribution in [-0.2, 0) is 0 Å². The predicted molar refractivity (Wildman–Crippen MR) is 44.3 cm³/mol. The number of rotatable bonds is 0. The van der Waals surface area contributed by atoms with E-state index in [1.165, 1.54) is 0 Å². The van der Waals surface area contributed by atoms with Crippen LogP contribution in [0.3, 0.4) is 0 Å². The van der Waals surface area contributed by atoms with Crippen molar-refractivity contribution >= 4 is 10.9 Å². The number of aromatic nitrogens is 1. The van der Waals surface area contributed by atoms with Crippen molar-refractivity contribution in [1.82, 2.24) is 0 Å². The molecule has 2 aromatic rings. The van der Waals surface area contributed by atoms with Crippen LogP contribution in [0.5, 0.6) is 5.75 Å². The standard InChI is InChI=1S/C10H9NO.Li/c1-11-7-3-5-8-4-2-6-9(12)10(8)11;/h2-7,12H,1H2;/q;+1/p-1. The zero-order chi connectivity index (χ0) is 8.55. The third-order valence-corrected chi connectivity index (χ3v) is 1.86. The Hall–Kier alpha value is -1.10. The SMILES string of the molecule is [CH2-][n+]1cccc2cccc([O-])c21.[Li+]. The Morgan fingerprint density at radius 3 is 2.54 bits per heavy atom. The Morgan fingerprint density at radius 1 is 1.15 bits per heavy atom. The van der Waals surface area contributed by atoms with Crippen molar-refractivity contribution < 1.29 is 28.5 Å². The van der Waals surface area contributed by atoms with E-state index in [1.54, 1.807) is 22.9 Å². The molecule has 1 aromatic heterocycles. The number of fused-ring (bicyclic) bond motifs is 1. The molecule has 0 spiro atoms. The van der Waals surface area contributed by atoms with E-state index in [-0.39, 0.29) is 24.6 Å². The summed E-state index contributed by atoms with van der Waals surface area (Å²) in [5, 5.41) is 12.3. The summed E-state index contributed by atoms with van der Waals surface area (Å²) < 4.78 is 1.59. The number of hydrogen-bond acceptors (Lipinski definition) is 1. The first-order valence-corrected chi connectivity index (χ1v) is 3.70. The van der Waals surface area contributed by atoms with Crippen LogP contribution in [0.2, 0.25) is 0 Å². The van der Waals surface area contributed by atoms with Gasteiger partial charge in [-0.3, -0.25) is 0 Å². The number of para-hydroxylation sites is 1. The summed E-state index contributed by atoms with van der Waals surface area (Å²) in [7, 11) is 3.73. The molecule has 0 saturated heterocycles. The maximum Gasteiger partial charge on any atom is 1.00 e. The smallest absolute Gasteiger partial charge is 0.877 e. The number of nitrogens with zero attached hydrogens (tertiary/aromatic N) is 1. The van der Waals surface area contributed by atoms with Gasteiger partial charge >= 0.3 is 18.9 Å². The third kappa shape index (κ3) is 1.65. The molecule has 0 amide bonds. The second-order valence-electron chi connectivity index (χ2n) is 2.67. The summed E-state index contributed by atoms with van der Waals surface area (Å²) in [6.07, 6.45) is 1.77. The molecule has 0 unspecified atom stereocenters. The fourth-order valence-electron chi connectivity index (χ4n) is 1.31. The molecule has 0 fully saturated rings. The van der Waals surface area contributed by atoms with Crippen LogP contribution >= 0.6 is 0 Å². The minimum Gasteiger partial charge on any atom is -0.877 e. The van der Waals surface area contributed by atoms with Gasteiger partial charge in [0.1, 0.15) is 5.52 Å². The molecular weight excluding hydrogens is 157 g/mol. The van der Waals surface area contributed by atoms with Crippen molar-refractivity contribution in [3.63, 3.8) is 0 Å². The summed E-state index contributed by atoms with van der Waals surface area (Å²) in [5.41, 5.74) is 0.653. The largest absolute Gasteiger partial charge is 1.00 e. The maximum absolute atomic E-state index is 11.3. The van der Waals surface area contributed by atoms with Gasteiger partial charge < -0.3 is 9.67 Å². The van der Waals surface area contributed by atoms with Gasteiger partial charge in [0.15, 0.2) is 0 Å². The summed E-state index contributed by atoms with van der Waals surface area (Å²) in [6.45, 7) is 0. The van der Waals surface area contributed by atoms with Gasteiger partial charge in [0.05, 0.1) is 6.20 Å². The van der Waals surface area contributed by atoms with E-state index in [2.05, 4.69) is 7.05 Å². The van der Waals surface area contributed by atoms with Gasteiger partial charge in [-0.15, -0.1) is 0 Å². The normalized spacial score (nSPS) is 9.54. The molecule has 60 valence electrons. The molecule has 0 bridgehead atoms. The molecule has 0 aliphatic heterocycles. The summed E-state index contributed by atoms with van der Waals surface area (Å²) >= 11 is 0. The molecule has 1 heterocycles. The van der Waals surface area contributed by atoms with Crippen LogP contribution < -0.4 is 28.5 Å². The molecular formula is C10H8LiNO. The molecule has 0 N–H and O–H groups in total. The first kappa shape index (κ1) is 9.98. The van der Waals surface area contributed by atoms with Gasteiger partial charge in [-0.25, -0.2) is 0 Å². The second-order valence-corrected chi connectivity index (χ2v) is 2.67. The fourth-order valence-corrected chi connectivity index (χ4v) is 1.31. The molecule has 0 aliphatic carbocycles. The van der Waals surface area contributed by atoms with E-state index >= 15 is 0 Å². The Morgan fingerprint density at radius 2 is 1.85 bits per heavy atom. The molecule has 0 aliphatic rings. The minimum atomic E-state index is 0. The predicted octanol–water partition coefficient (Wildman–Crippen LogP) is -2.16. The molecule has 13 heavy (non-hydrogen) atoms. The zero-order valence-electron chi connectivity index (χ0n) is 7.53. The van der Waals surface area contributed by atoms with E-state index in [9.17, 15) is 5.11 Å². The van der Waals surface area contributed by atoms with Gasteiger partial charge in [0, 0.05) is 7.05 Å². The van der Waals surface area contributed by atoms with Crippen molar-refractivity contribution in [2.45, 2.75) is 0 Å². The quantitative estimate of drug-likeness (QED) is 0.248. The van der Waals surface area contributed by atoms with Crippen LogP contribution in [-0.4, -0.2) is 0 Å². The molecule has 2 rings (SSSR count). The Kier molecular flexibility index (Phi) is 2.87. The van der Waals surface area contributed by atoms with Crippen molar-refractivity contribution in [3.8, 4) is 5.75 Å². The molecule has 0 radical (unpaired) electrons.